The van der Waals surface area contributed by atoms with Gasteiger partial charge in [-0.2, -0.15) is 0 Å². The third kappa shape index (κ3) is 7.66. The van der Waals surface area contributed by atoms with E-state index in [0.717, 1.165) is 41.9 Å². The zero-order chi connectivity index (χ0) is 27.0. The molecule has 0 aliphatic rings. The quantitative estimate of drug-likeness (QED) is 0.249. The Morgan fingerprint density at radius 3 is 2.26 bits per heavy atom. The van der Waals surface area contributed by atoms with Crippen LogP contribution in [0, 0.1) is 0 Å². The predicted molar refractivity (Wildman–Crippen MR) is 159 cm³/mol. The minimum atomic E-state index is -3.60. The SMILES string of the molecule is CCCCN(C)S(=O)(=O)c1ccc(C(=O)N(CCN(CC)CC)c2nc3ccc(OCC)cc3s2)cc1.Cl. The number of aromatic nitrogens is 1. The summed E-state index contributed by atoms with van der Waals surface area (Å²) < 4.78 is 33.7. The van der Waals surface area contributed by atoms with E-state index in [0.29, 0.717) is 36.9 Å². The highest BCUT2D eigenvalue weighted by Gasteiger charge is 2.24. The van der Waals surface area contributed by atoms with Crippen molar-refractivity contribution in [2.45, 2.75) is 45.4 Å². The highest BCUT2D eigenvalue weighted by molar-refractivity contribution is 7.89. The Hall–Kier alpha value is -2.24. The summed E-state index contributed by atoms with van der Waals surface area (Å²) >= 11 is 1.45. The molecule has 0 bridgehead atoms. The van der Waals surface area contributed by atoms with E-state index >= 15 is 0 Å². The van der Waals surface area contributed by atoms with Crippen LogP contribution in [0.2, 0.25) is 0 Å². The Morgan fingerprint density at radius 1 is 0.974 bits per heavy atom. The summed E-state index contributed by atoms with van der Waals surface area (Å²) in [6.07, 6.45) is 1.71. The molecule has 0 atom stereocenters. The zero-order valence-corrected chi connectivity index (χ0v) is 25.3. The summed E-state index contributed by atoms with van der Waals surface area (Å²) in [5, 5.41) is 0.608. The molecular formula is C27H39ClN4O4S2. The van der Waals surface area contributed by atoms with E-state index in [1.54, 1.807) is 24.1 Å². The first-order chi connectivity index (χ1) is 17.7. The summed E-state index contributed by atoms with van der Waals surface area (Å²) in [6, 6.07) is 11.9. The Labute approximate surface area is 237 Å². The van der Waals surface area contributed by atoms with Gasteiger partial charge in [-0.25, -0.2) is 17.7 Å². The Bertz CT molecular complexity index is 1280. The van der Waals surface area contributed by atoms with Crippen molar-refractivity contribution in [3.05, 3.63) is 48.0 Å². The van der Waals surface area contributed by atoms with Crippen LogP contribution in [0.5, 0.6) is 5.75 Å². The third-order valence-electron chi connectivity index (χ3n) is 6.31. The van der Waals surface area contributed by atoms with Crippen LogP contribution in [-0.4, -0.2) is 74.9 Å². The minimum Gasteiger partial charge on any atom is -0.494 e. The fourth-order valence-electron chi connectivity index (χ4n) is 3.94. The van der Waals surface area contributed by atoms with Crippen molar-refractivity contribution in [1.29, 1.82) is 0 Å². The molecule has 0 aliphatic heterocycles. The minimum absolute atomic E-state index is 0. The monoisotopic (exact) mass is 582 g/mol. The molecule has 0 saturated carbocycles. The number of hydrogen-bond donors (Lipinski definition) is 0. The number of halogens is 1. The van der Waals surface area contributed by atoms with Gasteiger partial charge in [0.15, 0.2) is 5.13 Å². The number of hydrogen-bond acceptors (Lipinski definition) is 7. The average molecular weight is 583 g/mol. The first-order valence-electron chi connectivity index (χ1n) is 12.9. The Balaban J connectivity index is 0.00000507. The number of carbonyl (C=O) groups is 1. The van der Waals surface area contributed by atoms with Crippen LogP contribution in [0.25, 0.3) is 10.2 Å². The van der Waals surface area contributed by atoms with Crippen molar-refractivity contribution in [3.8, 4) is 5.75 Å². The van der Waals surface area contributed by atoms with Gasteiger partial charge in [0.25, 0.3) is 5.91 Å². The lowest BCUT2D eigenvalue weighted by molar-refractivity contribution is 0.0983. The van der Waals surface area contributed by atoms with Gasteiger partial charge in [-0.1, -0.05) is 38.5 Å². The second kappa shape index (κ2) is 14.8. The van der Waals surface area contributed by atoms with E-state index in [4.69, 9.17) is 9.72 Å². The summed E-state index contributed by atoms with van der Waals surface area (Å²) in [6.45, 7) is 12.1. The normalized spacial score (nSPS) is 11.7. The number of thiazole rings is 1. The molecule has 1 aromatic heterocycles. The first kappa shape index (κ1) is 32.0. The van der Waals surface area contributed by atoms with Crippen molar-refractivity contribution in [3.63, 3.8) is 0 Å². The van der Waals surface area contributed by atoms with Crippen molar-refractivity contribution < 1.29 is 17.9 Å². The lowest BCUT2D eigenvalue weighted by Gasteiger charge is -2.25. The number of likely N-dealkylation sites (N-methyl/N-ethyl adjacent to an activating group) is 1. The molecule has 0 unspecified atom stereocenters. The molecule has 1 amide bonds. The molecule has 11 heteroatoms. The third-order valence-corrected chi connectivity index (χ3v) is 9.22. The van der Waals surface area contributed by atoms with E-state index in [9.17, 15) is 13.2 Å². The largest absolute Gasteiger partial charge is 0.494 e. The molecule has 0 spiro atoms. The number of anilines is 1. The summed E-state index contributed by atoms with van der Waals surface area (Å²) in [5.41, 5.74) is 1.23. The number of nitrogens with zero attached hydrogens (tertiary/aromatic N) is 4. The topological polar surface area (TPSA) is 83.1 Å². The molecule has 0 aliphatic carbocycles. The Kier molecular flexibility index (Phi) is 12.4. The molecule has 0 N–H and O–H groups in total. The van der Waals surface area contributed by atoms with Gasteiger partial charge in [0.2, 0.25) is 10.0 Å². The molecular weight excluding hydrogens is 544 g/mol. The molecule has 38 heavy (non-hydrogen) atoms. The smallest absolute Gasteiger partial charge is 0.260 e. The maximum atomic E-state index is 13.7. The molecule has 8 nitrogen and oxygen atoms in total. The van der Waals surface area contributed by atoms with Crippen LogP contribution in [-0.2, 0) is 10.0 Å². The number of carbonyl (C=O) groups excluding carboxylic acids is 1. The lowest BCUT2D eigenvalue weighted by atomic mass is 10.2. The highest BCUT2D eigenvalue weighted by Crippen LogP contribution is 2.32. The number of unbranched alkanes of at least 4 members (excludes halogenated alkanes) is 1. The standard InChI is InChI=1S/C27H38N4O4S2.ClH/c1-6-10-17-29(5)37(33,34)23-14-11-21(12-15-23)26(32)31(19-18-30(7-2)8-3)27-28-24-16-13-22(35-9-4)20-25(24)36-27;/h11-16,20H,6-10,17-19H2,1-5H3;1H. The van der Waals surface area contributed by atoms with E-state index in [1.165, 1.54) is 27.8 Å². The molecule has 2 aromatic carbocycles. The highest BCUT2D eigenvalue weighted by atomic mass is 35.5. The average Bonchev–Trinajstić information content (AvgIpc) is 3.32. The van der Waals surface area contributed by atoms with Crippen molar-refractivity contribution >= 4 is 55.0 Å². The van der Waals surface area contributed by atoms with Gasteiger partial charge in [0.1, 0.15) is 5.75 Å². The fraction of sp³-hybridized carbons (Fsp3) is 0.481. The van der Waals surface area contributed by atoms with Crippen molar-refractivity contribution in [1.82, 2.24) is 14.2 Å². The maximum absolute atomic E-state index is 13.7. The van der Waals surface area contributed by atoms with Crippen molar-refractivity contribution in [2.24, 2.45) is 0 Å². The summed E-state index contributed by atoms with van der Waals surface area (Å²) in [4.78, 5) is 22.6. The van der Waals surface area contributed by atoms with E-state index in [2.05, 4.69) is 18.7 Å². The van der Waals surface area contributed by atoms with Crippen LogP contribution in [0.3, 0.4) is 0 Å². The first-order valence-corrected chi connectivity index (χ1v) is 15.1. The predicted octanol–water partition coefficient (Wildman–Crippen LogP) is 5.53. The molecule has 3 aromatic rings. The number of rotatable bonds is 14. The number of benzene rings is 2. The van der Waals surface area contributed by atoms with Gasteiger partial charge in [-0.15, -0.1) is 12.4 Å². The molecule has 3 rings (SSSR count). The van der Waals surface area contributed by atoms with Crippen LogP contribution >= 0.6 is 23.7 Å². The number of fused-ring (bicyclic) bond motifs is 1. The second-order valence-electron chi connectivity index (χ2n) is 8.75. The van der Waals surface area contributed by atoms with Crippen LogP contribution in [0.4, 0.5) is 5.13 Å². The molecule has 1 heterocycles. The van der Waals surface area contributed by atoms with Gasteiger partial charge in [0, 0.05) is 32.2 Å². The van der Waals surface area contributed by atoms with Crippen molar-refractivity contribution in [2.75, 3.05) is 51.3 Å². The van der Waals surface area contributed by atoms with Crippen LogP contribution in [0.1, 0.15) is 50.9 Å². The molecule has 0 radical (unpaired) electrons. The summed E-state index contributed by atoms with van der Waals surface area (Å²) in [7, 11) is -2.01. The van der Waals surface area contributed by atoms with Gasteiger partial charge in [-0.3, -0.25) is 9.69 Å². The zero-order valence-electron chi connectivity index (χ0n) is 22.8. The summed E-state index contributed by atoms with van der Waals surface area (Å²) in [5.74, 6) is 0.562. The lowest BCUT2D eigenvalue weighted by Crippen LogP contribution is -2.38. The van der Waals surface area contributed by atoms with E-state index in [1.807, 2.05) is 32.0 Å². The molecule has 0 saturated heterocycles. The Morgan fingerprint density at radius 2 is 1.66 bits per heavy atom. The fourth-order valence-corrected chi connectivity index (χ4v) is 6.16. The van der Waals surface area contributed by atoms with Gasteiger partial charge in [-0.05, 0) is 68.9 Å². The van der Waals surface area contributed by atoms with Crippen LogP contribution < -0.4 is 9.64 Å². The maximum Gasteiger partial charge on any atom is 0.260 e. The van der Waals surface area contributed by atoms with Crippen LogP contribution in [0.15, 0.2) is 47.4 Å². The molecule has 0 fully saturated rings. The number of ether oxygens (including phenoxy) is 1. The van der Waals surface area contributed by atoms with E-state index in [-0.39, 0.29) is 23.2 Å². The molecule has 210 valence electrons. The number of sulfonamides is 1. The van der Waals surface area contributed by atoms with E-state index < -0.39 is 10.0 Å². The van der Waals surface area contributed by atoms with Gasteiger partial charge in [0.05, 0.1) is 21.7 Å². The second-order valence-corrected chi connectivity index (χ2v) is 11.8. The van der Waals surface area contributed by atoms with Gasteiger partial charge < -0.3 is 9.64 Å². The van der Waals surface area contributed by atoms with Gasteiger partial charge >= 0.3 is 0 Å². The number of amides is 1.